The Kier molecular flexibility index (Phi) is 8.50. The van der Waals surface area contributed by atoms with E-state index in [1.807, 2.05) is 0 Å². The lowest BCUT2D eigenvalue weighted by molar-refractivity contribution is -0.139. The highest BCUT2D eigenvalue weighted by Crippen LogP contribution is 2.30. The van der Waals surface area contributed by atoms with Crippen LogP contribution in [-0.4, -0.2) is 47.1 Å². The molecule has 0 radical (unpaired) electrons. The quantitative estimate of drug-likeness (QED) is 0.347. The van der Waals surface area contributed by atoms with Gasteiger partial charge in [0.15, 0.2) is 0 Å². The fourth-order valence-corrected chi connectivity index (χ4v) is 4.63. The highest BCUT2D eigenvalue weighted by atomic mass is 35.5. The second-order valence-corrected chi connectivity index (χ2v) is 9.75. The number of nitrogens with one attached hydrogen (secondary N) is 1. The van der Waals surface area contributed by atoms with Crippen molar-refractivity contribution in [3.63, 3.8) is 0 Å². The van der Waals surface area contributed by atoms with Gasteiger partial charge in [-0.15, -0.1) is 0 Å². The largest absolute Gasteiger partial charge is 0.488 e. The molecule has 1 atom stereocenters. The van der Waals surface area contributed by atoms with Crippen LogP contribution in [0.25, 0.3) is 0 Å². The fraction of sp³-hybridized carbons (Fsp3) is 0.259. The van der Waals surface area contributed by atoms with Gasteiger partial charge < -0.3 is 15.2 Å². The van der Waals surface area contributed by atoms with Crippen molar-refractivity contribution < 1.29 is 32.6 Å². The molecule has 1 amide bonds. The predicted molar refractivity (Wildman–Crippen MR) is 137 cm³/mol. The third-order valence-electron chi connectivity index (χ3n) is 6.07. The lowest BCUT2D eigenvalue weighted by atomic mass is 10.0. The molecule has 3 aromatic rings. The van der Waals surface area contributed by atoms with E-state index in [1.54, 1.807) is 30.3 Å². The summed E-state index contributed by atoms with van der Waals surface area (Å²) in [5.41, 5.74) is 0.806. The number of aliphatic carboxylic acids is 1. The van der Waals surface area contributed by atoms with Crippen molar-refractivity contribution >= 4 is 35.1 Å². The number of benzene rings is 3. The number of halogens is 5. The smallest absolute Gasteiger partial charge is 0.416 e. The third-order valence-corrected chi connectivity index (χ3v) is 6.70. The van der Waals surface area contributed by atoms with E-state index in [9.17, 15) is 27.9 Å². The van der Waals surface area contributed by atoms with Crippen LogP contribution in [0, 0.1) is 0 Å². The zero-order chi connectivity index (χ0) is 27.4. The number of carbonyl (C=O) groups excluding carboxylic acids is 1. The van der Waals surface area contributed by atoms with Crippen LogP contribution in [0.5, 0.6) is 5.75 Å². The first-order chi connectivity index (χ1) is 18.0. The molecular weight excluding hydrogens is 544 g/mol. The van der Waals surface area contributed by atoms with Gasteiger partial charge in [0.25, 0.3) is 5.91 Å². The molecule has 0 aliphatic carbocycles. The monoisotopic (exact) mass is 566 g/mol. The summed E-state index contributed by atoms with van der Waals surface area (Å²) in [5, 5.41) is 12.3. The van der Waals surface area contributed by atoms with E-state index in [-0.39, 0.29) is 28.1 Å². The minimum absolute atomic E-state index is 0.0127. The summed E-state index contributed by atoms with van der Waals surface area (Å²) in [6.45, 7) is 1.78. The van der Waals surface area contributed by atoms with Crippen LogP contribution < -0.4 is 10.1 Å². The van der Waals surface area contributed by atoms with Crippen LogP contribution in [0.2, 0.25) is 10.0 Å². The van der Waals surface area contributed by atoms with Crippen LogP contribution in [0.4, 0.5) is 13.2 Å². The molecule has 0 aromatic heterocycles. The Morgan fingerprint density at radius 3 is 2.11 bits per heavy atom. The summed E-state index contributed by atoms with van der Waals surface area (Å²) < 4.78 is 44.0. The molecule has 1 fully saturated rings. The summed E-state index contributed by atoms with van der Waals surface area (Å²) in [6, 6.07) is 15.4. The first kappa shape index (κ1) is 27.8. The molecule has 3 aromatic carbocycles. The minimum atomic E-state index is -4.35. The van der Waals surface area contributed by atoms with Gasteiger partial charge in [-0.1, -0.05) is 53.5 Å². The summed E-state index contributed by atoms with van der Waals surface area (Å²) >= 11 is 12.1. The number of nitrogens with zero attached hydrogens (tertiary/aromatic N) is 1. The number of alkyl halides is 3. The maximum atomic E-state index is 12.7. The number of rotatable bonds is 9. The average Bonchev–Trinajstić information content (AvgIpc) is 2.83. The SMILES string of the molecule is O=C(N[C@@H](Cc1ccc(OC2CN(Cc3ccc(C(F)(F)F)cc3)C2)cc1)C(=O)O)c1c(Cl)cccc1Cl. The second kappa shape index (κ2) is 11.6. The van der Waals surface area contributed by atoms with Gasteiger partial charge in [0.05, 0.1) is 21.2 Å². The van der Waals surface area contributed by atoms with Crippen molar-refractivity contribution in [1.29, 1.82) is 0 Å². The molecule has 1 aliphatic rings. The van der Waals surface area contributed by atoms with Crippen LogP contribution in [-0.2, 0) is 23.9 Å². The third kappa shape index (κ3) is 6.98. The maximum Gasteiger partial charge on any atom is 0.416 e. The van der Waals surface area contributed by atoms with E-state index in [4.69, 9.17) is 27.9 Å². The molecule has 2 N–H and O–H groups in total. The number of hydrogen-bond acceptors (Lipinski definition) is 4. The number of amides is 1. The van der Waals surface area contributed by atoms with Gasteiger partial charge in [-0.2, -0.15) is 13.2 Å². The summed E-state index contributed by atoms with van der Waals surface area (Å²) in [7, 11) is 0. The van der Waals surface area contributed by atoms with Gasteiger partial charge in [-0.05, 0) is 47.5 Å². The van der Waals surface area contributed by atoms with Crippen molar-refractivity contribution in [1.82, 2.24) is 10.2 Å². The number of carbonyl (C=O) groups is 2. The Hall–Kier alpha value is -3.27. The molecule has 4 rings (SSSR count). The standard InChI is InChI=1S/C27H23Cl2F3N2O4/c28-21-2-1-3-22(29)24(21)25(35)33-23(26(36)37)12-16-6-10-19(11-7-16)38-20-14-34(15-20)13-17-4-8-18(9-5-17)27(30,31)32/h1-11,20,23H,12-15H2,(H,33,35)(H,36,37)/t23-/m0/s1. The molecule has 6 nitrogen and oxygen atoms in total. The normalized spacial score (nSPS) is 15.0. The number of carboxylic acids is 1. The van der Waals surface area contributed by atoms with E-state index in [0.717, 1.165) is 17.7 Å². The molecule has 0 bridgehead atoms. The van der Waals surface area contributed by atoms with E-state index in [2.05, 4.69) is 10.2 Å². The summed E-state index contributed by atoms with van der Waals surface area (Å²) in [5.74, 6) is -1.28. The Labute approximate surface area is 226 Å². The van der Waals surface area contributed by atoms with Gasteiger partial charge in [0.1, 0.15) is 17.9 Å². The fourth-order valence-electron chi connectivity index (χ4n) is 4.06. The zero-order valence-corrected chi connectivity index (χ0v) is 21.4. The summed E-state index contributed by atoms with van der Waals surface area (Å²) in [4.78, 5) is 26.4. The highest BCUT2D eigenvalue weighted by molar-refractivity contribution is 6.39. The maximum absolute atomic E-state index is 12.7. The number of ether oxygens (including phenoxy) is 1. The van der Waals surface area contributed by atoms with Crippen LogP contribution in [0.15, 0.2) is 66.7 Å². The van der Waals surface area contributed by atoms with Gasteiger partial charge in [0, 0.05) is 26.1 Å². The lowest BCUT2D eigenvalue weighted by Gasteiger charge is -2.39. The van der Waals surface area contributed by atoms with E-state index < -0.39 is 29.7 Å². The molecule has 1 saturated heterocycles. The molecule has 200 valence electrons. The van der Waals surface area contributed by atoms with Crippen molar-refractivity contribution in [3.05, 3.63) is 99.0 Å². The summed E-state index contributed by atoms with van der Waals surface area (Å²) in [6.07, 6.45) is -4.38. The van der Waals surface area contributed by atoms with E-state index in [0.29, 0.717) is 30.9 Å². The molecule has 1 heterocycles. The van der Waals surface area contributed by atoms with Crippen LogP contribution in [0.1, 0.15) is 27.0 Å². The number of likely N-dealkylation sites (tertiary alicyclic amines) is 1. The molecule has 0 saturated carbocycles. The molecule has 11 heteroatoms. The topological polar surface area (TPSA) is 78.9 Å². The van der Waals surface area contributed by atoms with Crippen molar-refractivity contribution in [2.75, 3.05) is 13.1 Å². The van der Waals surface area contributed by atoms with Gasteiger partial charge in [0.2, 0.25) is 0 Å². The Balaban J connectivity index is 1.27. The van der Waals surface area contributed by atoms with Gasteiger partial charge in [-0.3, -0.25) is 9.69 Å². The first-order valence-electron chi connectivity index (χ1n) is 11.6. The van der Waals surface area contributed by atoms with E-state index >= 15 is 0 Å². The first-order valence-corrected chi connectivity index (χ1v) is 12.4. The molecule has 0 unspecified atom stereocenters. The number of carboxylic acid groups (broad SMARTS) is 1. The van der Waals surface area contributed by atoms with E-state index in [1.165, 1.54) is 24.3 Å². The minimum Gasteiger partial charge on any atom is -0.488 e. The lowest BCUT2D eigenvalue weighted by Crippen LogP contribution is -2.53. The highest BCUT2D eigenvalue weighted by Gasteiger charge is 2.31. The van der Waals surface area contributed by atoms with Gasteiger partial charge >= 0.3 is 12.1 Å². The van der Waals surface area contributed by atoms with Crippen molar-refractivity contribution in [2.24, 2.45) is 0 Å². The molecular formula is C27H23Cl2F3N2O4. The van der Waals surface area contributed by atoms with Crippen molar-refractivity contribution in [3.8, 4) is 5.75 Å². The molecule has 0 spiro atoms. The second-order valence-electron chi connectivity index (χ2n) is 8.94. The van der Waals surface area contributed by atoms with Crippen LogP contribution >= 0.6 is 23.2 Å². The van der Waals surface area contributed by atoms with Crippen molar-refractivity contribution in [2.45, 2.75) is 31.3 Å². The Bertz CT molecular complexity index is 1270. The Morgan fingerprint density at radius 1 is 0.974 bits per heavy atom. The number of hydrogen-bond donors (Lipinski definition) is 2. The Morgan fingerprint density at radius 2 is 1.55 bits per heavy atom. The predicted octanol–water partition coefficient (Wildman–Crippen LogP) is 5.70. The molecule has 38 heavy (non-hydrogen) atoms. The van der Waals surface area contributed by atoms with Crippen LogP contribution in [0.3, 0.4) is 0 Å². The average molecular weight is 567 g/mol. The van der Waals surface area contributed by atoms with Gasteiger partial charge in [-0.25, -0.2) is 4.79 Å². The molecule has 1 aliphatic heterocycles. The zero-order valence-electron chi connectivity index (χ0n) is 19.8.